The minimum Gasteiger partial charge on any atom is -0.349 e. The third-order valence-electron chi connectivity index (χ3n) is 6.48. The number of piperidine rings is 1. The van der Waals surface area contributed by atoms with E-state index in [0.717, 1.165) is 44.7 Å². The van der Waals surface area contributed by atoms with E-state index in [1.54, 1.807) is 24.3 Å². The van der Waals surface area contributed by atoms with Gasteiger partial charge < -0.3 is 20.9 Å². The molecule has 0 unspecified atom stereocenters. The first-order chi connectivity index (χ1) is 14.2. The van der Waals surface area contributed by atoms with Crippen LogP contribution in [0.25, 0.3) is 0 Å². The number of carbonyl (C=O) groups excluding carboxylic acids is 2. The summed E-state index contributed by atoms with van der Waals surface area (Å²) in [7, 11) is 0. The molecule has 6 heteroatoms. The lowest BCUT2D eigenvalue weighted by Crippen LogP contribution is -2.45. The van der Waals surface area contributed by atoms with Crippen molar-refractivity contribution in [2.75, 3.05) is 25.0 Å². The number of carbonyl (C=O) groups is 2. The molecule has 4 rings (SSSR count). The molecule has 0 bridgehead atoms. The van der Waals surface area contributed by atoms with E-state index in [4.69, 9.17) is 0 Å². The van der Waals surface area contributed by atoms with Crippen LogP contribution in [0, 0.1) is 5.92 Å². The van der Waals surface area contributed by atoms with Crippen molar-refractivity contribution in [3.05, 3.63) is 29.8 Å². The van der Waals surface area contributed by atoms with E-state index in [0.29, 0.717) is 17.3 Å². The number of benzene rings is 1. The highest BCUT2D eigenvalue weighted by Gasteiger charge is 2.24. The zero-order chi connectivity index (χ0) is 20.1. The zero-order valence-corrected chi connectivity index (χ0v) is 17.3. The summed E-state index contributed by atoms with van der Waals surface area (Å²) in [5.74, 6) is 0.859. The van der Waals surface area contributed by atoms with Crippen molar-refractivity contribution < 1.29 is 9.59 Å². The molecule has 1 heterocycles. The van der Waals surface area contributed by atoms with Crippen molar-refractivity contribution in [3.63, 3.8) is 0 Å². The molecule has 2 saturated carbocycles. The van der Waals surface area contributed by atoms with Crippen LogP contribution in [0.2, 0.25) is 0 Å². The number of anilines is 1. The predicted molar refractivity (Wildman–Crippen MR) is 115 cm³/mol. The van der Waals surface area contributed by atoms with Gasteiger partial charge in [0.2, 0.25) is 0 Å². The van der Waals surface area contributed by atoms with Crippen LogP contribution in [0.5, 0.6) is 0 Å². The zero-order valence-electron chi connectivity index (χ0n) is 17.3. The molecule has 0 aromatic heterocycles. The molecular formula is C23H34N4O2. The second-order valence-corrected chi connectivity index (χ2v) is 9.00. The number of urea groups is 1. The van der Waals surface area contributed by atoms with E-state index in [1.165, 1.54) is 38.6 Å². The van der Waals surface area contributed by atoms with Gasteiger partial charge in [-0.2, -0.15) is 0 Å². The van der Waals surface area contributed by atoms with Crippen LogP contribution >= 0.6 is 0 Å². The van der Waals surface area contributed by atoms with Crippen molar-refractivity contribution >= 4 is 17.6 Å². The number of hydrogen-bond acceptors (Lipinski definition) is 3. The van der Waals surface area contributed by atoms with Crippen LogP contribution in [-0.2, 0) is 0 Å². The van der Waals surface area contributed by atoms with Crippen molar-refractivity contribution in [3.8, 4) is 0 Å². The van der Waals surface area contributed by atoms with E-state index in [-0.39, 0.29) is 18.0 Å². The second kappa shape index (κ2) is 9.61. The fourth-order valence-corrected chi connectivity index (χ4v) is 4.55. The molecule has 1 aromatic carbocycles. The standard InChI is InChI=1S/C23H34N4O2/c28-22(18-6-8-19(9-7-18)25-23(29)26-20-10-11-20)24-21-12-14-27(15-13-21)16-17-4-2-1-3-5-17/h6-9,17,20-21H,1-5,10-16H2,(H,24,28)(H2,25,26,29). The Hall–Kier alpha value is -2.08. The maximum atomic E-state index is 12.6. The van der Waals surface area contributed by atoms with Crippen LogP contribution in [-0.4, -0.2) is 48.6 Å². The highest BCUT2D eigenvalue weighted by atomic mass is 16.2. The van der Waals surface area contributed by atoms with Crippen molar-refractivity contribution in [2.45, 2.75) is 69.9 Å². The van der Waals surface area contributed by atoms with E-state index in [1.807, 2.05) is 0 Å². The first kappa shape index (κ1) is 20.2. The van der Waals surface area contributed by atoms with Gasteiger partial charge in [0.1, 0.15) is 0 Å². The highest BCUT2D eigenvalue weighted by Crippen LogP contribution is 2.25. The minimum absolute atomic E-state index is 0.0234. The summed E-state index contributed by atoms with van der Waals surface area (Å²) in [6, 6.07) is 7.54. The normalized spacial score (nSPS) is 21.5. The summed E-state index contributed by atoms with van der Waals surface area (Å²) >= 11 is 0. The molecule has 1 aromatic rings. The Morgan fingerprint density at radius 1 is 0.828 bits per heavy atom. The predicted octanol–water partition coefficient (Wildman–Crippen LogP) is 3.75. The summed E-state index contributed by atoms with van der Waals surface area (Å²) in [4.78, 5) is 27.0. The molecule has 3 fully saturated rings. The Balaban J connectivity index is 1.18. The maximum Gasteiger partial charge on any atom is 0.319 e. The lowest BCUT2D eigenvalue weighted by Gasteiger charge is -2.35. The van der Waals surface area contributed by atoms with Crippen LogP contribution in [0.4, 0.5) is 10.5 Å². The highest BCUT2D eigenvalue weighted by molar-refractivity contribution is 5.95. The largest absolute Gasteiger partial charge is 0.349 e. The molecule has 1 aliphatic heterocycles. The molecule has 2 aliphatic carbocycles. The molecule has 6 nitrogen and oxygen atoms in total. The number of nitrogens with zero attached hydrogens (tertiary/aromatic N) is 1. The molecule has 1 saturated heterocycles. The molecular weight excluding hydrogens is 364 g/mol. The van der Waals surface area contributed by atoms with Gasteiger partial charge in [0, 0.05) is 43.0 Å². The Bertz CT molecular complexity index is 687. The van der Waals surface area contributed by atoms with Crippen LogP contribution in [0.1, 0.15) is 68.1 Å². The van der Waals surface area contributed by atoms with E-state index in [9.17, 15) is 9.59 Å². The van der Waals surface area contributed by atoms with E-state index >= 15 is 0 Å². The van der Waals surface area contributed by atoms with Gasteiger partial charge in [-0.05, 0) is 68.7 Å². The van der Waals surface area contributed by atoms with Crippen molar-refractivity contribution in [1.82, 2.24) is 15.5 Å². The third-order valence-corrected chi connectivity index (χ3v) is 6.48. The van der Waals surface area contributed by atoms with E-state index < -0.39 is 0 Å². The number of likely N-dealkylation sites (tertiary alicyclic amines) is 1. The molecule has 0 radical (unpaired) electrons. The molecule has 0 spiro atoms. The molecule has 158 valence electrons. The van der Waals surface area contributed by atoms with Gasteiger partial charge in [-0.3, -0.25) is 4.79 Å². The first-order valence-electron chi connectivity index (χ1n) is 11.4. The van der Waals surface area contributed by atoms with Crippen LogP contribution in [0.15, 0.2) is 24.3 Å². The fraction of sp³-hybridized carbons (Fsp3) is 0.652. The summed E-state index contributed by atoms with van der Waals surface area (Å²) in [5.41, 5.74) is 1.35. The second-order valence-electron chi connectivity index (χ2n) is 9.00. The lowest BCUT2D eigenvalue weighted by molar-refractivity contribution is 0.0901. The van der Waals surface area contributed by atoms with Gasteiger partial charge in [0.05, 0.1) is 0 Å². The average molecular weight is 399 g/mol. The summed E-state index contributed by atoms with van der Waals surface area (Å²) in [6.07, 6.45) is 11.2. The molecule has 3 aliphatic rings. The molecule has 29 heavy (non-hydrogen) atoms. The Labute approximate surface area is 173 Å². The summed E-state index contributed by atoms with van der Waals surface area (Å²) in [6.45, 7) is 3.41. The van der Waals surface area contributed by atoms with Crippen molar-refractivity contribution in [2.24, 2.45) is 5.92 Å². The smallest absolute Gasteiger partial charge is 0.319 e. The molecule has 0 atom stereocenters. The van der Waals surface area contributed by atoms with Gasteiger partial charge in [0.25, 0.3) is 5.91 Å². The molecule has 3 N–H and O–H groups in total. The quantitative estimate of drug-likeness (QED) is 0.683. The maximum absolute atomic E-state index is 12.6. The van der Waals surface area contributed by atoms with Gasteiger partial charge >= 0.3 is 6.03 Å². The SMILES string of the molecule is O=C(Nc1ccc(C(=O)NC2CCN(CC3CCCCC3)CC2)cc1)NC1CC1. The van der Waals surface area contributed by atoms with E-state index in [2.05, 4.69) is 20.9 Å². The number of nitrogens with one attached hydrogen (secondary N) is 3. The number of rotatable bonds is 6. The van der Waals surface area contributed by atoms with Gasteiger partial charge in [-0.25, -0.2) is 4.79 Å². The topological polar surface area (TPSA) is 73.5 Å². The van der Waals surface area contributed by atoms with Crippen LogP contribution in [0.3, 0.4) is 0 Å². The van der Waals surface area contributed by atoms with Gasteiger partial charge in [-0.15, -0.1) is 0 Å². The third kappa shape index (κ3) is 6.20. The monoisotopic (exact) mass is 398 g/mol. The number of hydrogen-bond donors (Lipinski definition) is 3. The van der Waals surface area contributed by atoms with Crippen molar-refractivity contribution in [1.29, 1.82) is 0 Å². The minimum atomic E-state index is -0.176. The molecule has 3 amide bonds. The fourth-order valence-electron chi connectivity index (χ4n) is 4.55. The Kier molecular flexibility index (Phi) is 6.70. The lowest BCUT2D eigenvalue weighted by atomic mass is 9.88. The van der Waals surface area contributed by atoms with Crippen LogP contribution < -0.4 is 16.0 Å². The summed E-state index contributed by atoms with van der Waals surface area (Å²) in [5, 5.41) is 8.89. The van der Waals surface area contributed by atoms with Gasteiger partial charge in [0.15, 0.2) is 0 Å². The average Bonchev–Trinajstić information content (AvgIpc) is 3.54. The first-order valence-corrected chi connectivity index (χ1v) is 11.4. The Morgan fingerprint density at radius 3 is 2.14 bits per heavy atom. The summed E-state index contributed by atoms with van der Waals surface area (Å²) < 4.78 is 0. The van der Waals surface area contributed by atoms with Gasteiger partial charge in [-0.1, -0.05) is 19.3 Å². The number of amides is 3. The Morgan fingerprint density at radius 2 is 1.48 bits per heavy atom.